The molecule has 0 saturated heterocycles. The minimum Gasteiger partial charge on any atom is -0.363 e. The maximum Gasteiger partial charge on any atom is 0.191 e. The number of anilines is 1. The highest BCUT2D eigenvalue weighted by molar-refractivity contribution is 14.0. The van der Waals surface area contributed by atoms with Crippen molar-refractivity contribution >= 4 is 47.4 Å². The first-order chi connectivity index (χ1) is 11.6. The Labute approximate surface area is 171 Å². The molecule has 0 bridgehead atoms. The van der Waals surface area contributed by atoms with Crippen LogP contribution in [0.25, 0.3) is 0 Å². The number of guanidine groups is 1. The third kappa shape index (κ3) is 7.43. The third-order valence-corrected chi connectivity index (χ3v) is 3.63. The number of nitrogens with one attached hydrogen (secondary N) is 2. The minimum atomic E-state index is 0. The van der Waals surface area contributed by atoms with Crippen molar-refractivity contribution in [1.29, 1.82) is 0 Å². The molecule has 0 aliphatic rings. The molecular formula is C17H24ClIN6. The van der Waals surface area contributed by atoms with E-state index in [4.69, 9.17) is 11.6 Å². The summed E-state index contributed by atoms with van der Waals surface area (Å²) in [7, 11) is 5.71. The molecule has 2 aromatic rings. The Kier molecular flexibility index (Phi) is 9.51. The van der Waals surface area contributed by atoms with Gasteiger partial charge in [0.15, 0.2) is 5.96 Å². The summed E-state index contributed by atoms with van der Waals surface area (Å²) in [5.74, 6) is 1.68. The lowest BCUT2D eigenvalue weighted by molar-refractivity contribution is 0.781. The second kappa shape index (κ2) is 11.1. The molecule has 8 heteroatoms. The van der Waals surface area contributed by atoms with Crippen LogP contribution in [0.2, 0.25) is 5.15 Å². The maximum atomic E-state index is 5.78. The summed E-state index contributed by atoms with van der Waals surface area (Å²) in [4.78, 5) is 14.9. The van der Waals surface area contributed by atoms with E-state index in [9.17, 15) is 0 Å². The predicted octanol–water partition coefficient (Wildman–Crippen LogP) is 2.72. The normalized spacial score (nSPS) is 10.8. The number of rotatable bonds is 6. The number of aromatic nitrogens is 2. The zero-order chi connectivity index (χ0) is 17.4. The first-order valence-electron chi connectivity index (χ1n) is 7.76. The van der Waals surface area contributed by atoms with E-state index in [1.807, 2.05) is 43.3 Å². The first-order valence-corrected chi connectivity index (χ1v) is 8.14. The number of halogens is 2. The minimum absolute atomic E-state index is 0. The maximum absolute atomic E-state index is 5.78. The van der Waals surface area contributed by atoms with Crippen molar-refractivity contribution in [2.45, 2.75) is 13.0 Å². The van der Waals surface area contributed by atoms with Crippen molar-refractivity contribution in [3.05, 3.63) is 52.9 Å². The van der Waals surface area contributed by atoms with Crippen molar-refractivity contribution < 1.29 is 0 Å². The molecule has 0 fully saturated rings. The SMILES string of the molecule is CN=C(NCCc1ccc(Cl)nc1)NCc1cccc(N(C)C)n1.I. The molecule has 0 saturated carbocycles. The molecule has 0 spiro atoms. The summed E-state index contributed by atoms with van der Waals surface area (Å²) in [6.45, 7) is 1.37. The van der Waals surface area contributed by atoms with Gasteiger partial charge in [-0.05, 0) is 30.2 Å². The van der Waals surface area contributed by atoms with Gasteiger partial charge in [0.2, 0.25) is 0 Å². The van der Waals surface area contributed by atoms with Gasteiger partial charge in [-0.1, -0.05) is 23.7 Å². The first kappa shape index (κ1) is 21.4. The van der Waals surface area contributed by atoms with Crippen LogP contribution in [0.4, 0.5) is 5.82 Å². The van der Waals surface area contributed by atoms with E-state index in [-0.39, 0.29) is 24.0 Å². The number of nitrogens with zero attached hydrogens (tertiary/aromatic N) is 4. The van der Waals surface area contributed by atoms with Crippen LogP contribution in [-0.4, -0.2) is 43.6 Å². The van der Waals surface area contributed by atoms with Crippen LogP contribution in [0, 0.1) is 0 Å². The summed E-state index contributed by atoms with van der Waals surface area (Å²) < 4.78 is 0. The van der Waals surface area contributed by atoms with Crippen LogP contribution in [-0.2, 0) is 13.0 Å². The van der Waals surface area contributed by atoms with Crippen molar-refractivity contribution in [2.24, 2.45) is 4.99 Å². The largest absolute Gasteiger partial charge is 0.363 e. The van der Waals surface area contributed by atoms with Gasteiger partial charge in [0.25, 0.3) is 0 Å². The highest BCUT2D eigenvalue weighted by atomic mass is 127. The smallest absolute Gasteiger partial charge is 0.191 e. The lowest BCUT2D eigenvalue weighted by atomic mass is 10.2. The monoisotopic (exact) mass is 474 g/mol. The average molecular weight is 475 g/mol. The highest BCUT2D eigenvalue weighted by Crippen LogP contribution is 2.07. The molecule has 136 valence electrons. The predicted molar refractivity (Wildman–Crippen MR) is 115 cm³/mol. The Hall–Kier alpha value is -1.61. The topological polar surface area (TPSA) is 65.4 Å². The fraction of sp³-hybridized carbons (Fsp3) is 0.353. The molecule has 2 aromatic heterocycles. The van der Waals surface area contributed by atoms with Gasteiger partial charge in [0.05, 0.1) is 12.2 Å². The number of hydrogen-bond donors (Lipinski definition) is 2. The second-order valence-electron chi connectivity index (χ2n) is 5.47. The van der Waals surface area contributed by atoms with Crippen LogP contribution in [0.15, 0.2) is 41.5 Å². The summed E-state index contributed by atoms with van der Waals surface area (Å²) in [6.07, 6.45) is 2.64. The summed E-state index contributed by atoms with van der Waals surface area (Å²) in [6, 6.07) is 9.75. The Morgan fingerprint density at radius 3 is 2.64 bits per heavy atom. The van der Waals surface area contributed by atoms with Gasteiger partial charge in [0, 0.05) is 33.9 Å². The second-order valence-corrected chi connectivity index (χ2v) is 5.86. The molecule has 2 rings (SSSR count). The molecule has 0 aliphatic carbocycles. The van der Waals surface area contributed by atoms with Gasteiger partial charge >= 0.3 is 0 Å². The number of hydrogen-bond acceptors (Lipinski definition) is 4. The fourth-order valence-electron chi connectivity index (χ4n) is 2.09. The Morgan fingerprint density at radius 1 is 1.20 bits per heavy atom. The third-order valence-electron chi connectivity index (χ3n) is 3.41. The van der Waals surface area contributed by atoms with Crippen LogP contribution >= 0.6 is 35.6 Å². The van der Waals surface area contributed by atoms with Crippen LogP contribution < -0.4 is 15.5 Å². The molecule has 2 N–H and O–H groups in total. The van der Waals surface area contributed by atoms with E-state index in [0.29, 0.717) is 11.7 Å². The fourth-order valence-corrected chi connectivity index (χ4v) is 2.20. The van der Waals surface area contributed by atoms with Crippen molar-refractivity contribution in [3.8, 4) is 0 Å². The van der Waals surface area contributed by atoms with Crippen LogP contribution in [0.3, 0.4) is 0 Å². The van der Waals surface area contributed by atoms with Gasteiger partial charge in [-0.3, -0.25) is 4.99 Å². The summed E-state index contributed by atoms with van der Waals surface area (Å²) in [5.41, 5.74) is 2.09. The van der Waals surface area contributed by atoms with Gasteiger partial charge in [-0.15, -0.1) is 24.0 Å². The quantitative estimate of drug-likeness (QED) is 0.292. The van der Waals surface area contributed by atoms with E-state index in [1.54, 1.807) is 19.3 Å². The molecule has 0 aromatic carbocycles. The standard InChI is InChI=1S/C17H23ClN6.HI/c1-19-17(20-10-9-13-7-8-15(18)21-11-13)22-12-14-5-4-6-16(23-14)24(2)3;/h4-8,11H,9-10,12H2,1-3H3,(H2,19,20,22);1H. The zero-order valence-corrected chi connectivity index (χ0v) is 17.7. The lowest BCUT2D eigenvalue weighted by Gasteiger charge is -2.14. The number of aliphatic imine (C=N–C) groups is 1. The van der Waals surface area contributed by atoms with E-state index in [1.165, 1.54) is 0 Å². The summed E-state index contributed by atoms with van der Waals surface area (Å²) in [5, 5.41) is 7.06. The van der Waals surface area contributed by atoms with Gasteiger partial charge in [-0.2, -0.15) is 0 Å². The van der Waals surface area contributed by atoms with Gasteiger partial charge in [-0.25, -0.2) is 9.97 Å². The molecule has 25 heavy (non-hydrogen) atoms. The van der Waals surface area contributed by atoms with Gasteiger partial charge in [0.1, 0.15) is 11.0 Å². The van der Waals surface area contributed by atoms with Crippen molar-refractivity contribution in [3.63, 3.8) is 0 Å². The molecule has 0 atom stereocenters. The molecule has 0 unspecified atom stereocenters. The average Bonchev–Trinajstić information content (AvgIpc) is 2.59. The molecule has 0 aliphatic heterocycles. The van der Waals surface area contributed by atoms with Crippen molar-refractivity contribution in [2.75, 3.05) is 32.6 Å². The Bertz CT molecular complexity index is 675. The molecule has 0 radical (unpaired) electrons. The Balaban J connectivity index is 0.00000312. The zero-order valence-electron chi connectivity index (χ0n) is 14.7. The van der Waals surface area contributed by atoms with Crippen LogP contribution in [0.1, 0.15) is 11.3 Å². The van der Waals surface area contributed by atoms with E-state index >= 15 is 0 Å². The Morgan fingerprint density at radius 2 is 2.00 bits per heavy atom. The molecular weight excluding hydrogens is 451 g/mol. The van der Waals surface area contributed by atoms with E-state index < -0.39 is 0 Å². The molecule has 2 heterocycles. The lowest BCUT2D eigenvalue weighted by Crippen LogP contribution is -2.38. The summed E-state index contributed by atoms with van der Waals surface area (Å²) >= 11 is 5.78. The highest BCUT2D eigenvalue weighted by Gasteiger charge is 2.02. The van der Waals surface area contributed by atoms with E-state index in [2.05, 4.69) is 25.6 Å². The van der Waals surface area contributed by atoms with E-state index in [0.717, 1.165) is 36.0 Å². The number of pyridine rings is 2. The molecule has 6 nitrogen and oxygen atoms in total. The van der Waals surface area contributed by atoms with Crippen LogP contribution in [0.5, 0.6) is 0 Å². The van der Waals surface area contributed by atoms with Gasteiger partial charge < -0.3 is 15.5 Å². The molecule has 0 amide bonds. The van der Waals surface area contributed by atoms with Crippen molar-refractivity contribution in [1.82, 2.24) is 20.6 Å².